The van der Waals surface area contributed by atoms with E-state index < -0.39 is 0 Å². The third kappa shape index (κ3) is 0.969. The van der Waals surface area contributed by atoms with Crippen LogP contribution in [-0.2, 0) is 4.74 Å². The third-order valence-corrected chi connectivity index (χ3v) is 1.51. The highest BCUT2D eigenvalue weighted by atomic mass is 16.5. The zero-order valence-corrected chi connectivity index (χ0v) is 5.79. The van der Waals surface area contributed by atoms with Crippen molar-refractivity contribution in [1.29, 1.82) is 0 Å². The second-order valence-corrected chi connectivity index (χ2v) is 2.66. The van der Waals surface area contributed by atoms with Crippen LogP contribution in [0.25, 0.3) is 0 Å². The fourth-order valence-electron chi connectivity index (χ4n) is 0.826. The molecule has 1 heterocycles. The van der Waals surface area contributed by atoms with E-state index in [1.165, 1.54) is 6.40 Å². The van der Waals surface area contributed by atoms with Crippen LogP contribution in [0.15, 0.2) is 17.6 Å². The molecular weight excluding hydrogens is 114 g/mol. The smallest absolute Gasteiger partial charge is 0.171 e. The molecule has 0 amide bonds. The van der Waals surface area contributed by atoms with Gasteiger partial charge in [0.15, 0.2) is 6.40 Å². The van der Waals surface area contributed by atoms with Gasteiger partial charge < -0.3 is 4.74 Å². The van der Waals surface area contributed by atoms with E-state index in [4.69, 9.17) is 4.74 Å². The highest BCUT2D eigenvalue weighted by molar-refractivity contribution is 5.51. The van der Waals surface area contributed by atoms with Crippen molar-refractivity contribution in [1.82, 2.24) is 0 Å². The van der Waals surface area contributed by atoms with Crippen molar-refractivity contribution in [2.75, 3.05) is 0 Å². The minimum atomic E-state index is -0.179. The molecule has 9 heavy (non-hydrogen) atoms. The summed E-state index contributed by atoms with van der Waals surface area (Å²) >= 11 is 0. The normalized spacial score (nSPS) is 29.8. The van der Waals surface area contributed by atoms with Gasteiger partial charge in [0, 0.05) is 0 Å². The van der Waals surface area contributed by atoms with Crippen LogP contribution in [0, 0.1) is 0 Å². The summed E-state index contributed by atoms with van der Waals surface area (Å²) in [5.41, 5.74) is -0.179. The molecule has 2 nitrogen and oxygen atoms in total. The van der Waals surface area contributed by atoms with Crippen LogP contribution < -0.4 is 0 Å². The first-order valence-corrected chi connectivity index (χ1v) is 2.99. The van der Waals surface area contributed by atoms with Crippen molar-refractivity contribution < 1.29 is 4.74 Å². The molecule has 0 saturated heterocycles. The van der Waals surface area contributed by atoms with E-state index in [0.29, 0.717) is 0 Å². The van der Waals surface area contributed by atoms with E-state index in [2.05, 4.69) is 11.6 Å². The van der Waals surface area contributed by atoms with Gasteiger partial charge in [0.05, 0.1) is 0 Å². The molecule has 1 aliphatic rings. The summed E-state index contributed by atoms with van der Waals surface area (Å²) in [6.07, 6.45) is 3.29. The minimum absolute atomic E-state index is 0.123. The predicted molar refractivity (Wildman–Crippen MR) is 37.6 cm³/mol. The standard InChI is InChI=1S/C7H11NO/c1-4-6-7(2,3)9-5-8-6/h4-6H,1H2,2-3H3. The van der Waals surface area contributed by atoms with Crippen molar-refractivity contribution in [3.05, 3.63) is 12.7 Å². The van der Waals surface area contributed by atoms with E-state index in [-0.39, 0.29) is 11.6 Å². The summed E-state index contributed by atoms with van der Waals surface area (Å²) in [5.74, 6) is 0. The van der Waals surface area contributed by atoms with Gasteiger partial charge in [-0.1, -0.05) is 6.08 Å². The second kappa shape index (κ2) is 1.87. The molecule has 1 unspecified atom stereocenters. The molecule has 2 heteroatoms. The molecule has 0 aliphatic carbocycles. The van der Waals surface area contributed by atoms with Crippen LogP contribution in [0.5, 0.6) is 0 Å². The summed E-state index contributed by atoms with van der Waals surface area (Å²) in [6, 6.07) is 0.123. The summed E-state index contributed by atoms with van der Waals surface area (Å²) in [5, 5.41) is 0. The monoisotopic (exact) mass is 125 g/mol. The Morgan fingerprint density at radius 3 is 2.67 bits per heavy atom. The Morgan fingerprint density at radius 1 is 1.78 bits per heavy atom. The van der Waals surface area contributed by atoms with Gasteiger partial charge in [0.25, 0.3) is 0 Å². The van der Waals surface area contributed by atoms with Crippen LogP contribution in [0.1, 0.15) is 13.8 Å². The molecule has 50 valence electrons. The topological polar surface area (TPSA) is 21.6 Å². The van der Waals surface area contributed by atoms with E-state index in [0.717, 1.165) is 0 Å². The largest absolute Gasteiger partial charge is 0.475 e. The first-order chi connectivity index (χ1) is 4.17. The molecule has 0 radical (unpaired) electrons. The first kappa shape index (κ1) is 6.33. The second-order valence-electron chi connectivity index (χ2n) is 2.66. The molecule has 0 aromatic carbocycles. The molecule has 0 aromatic heterocycles. The Morgan fingerprint density at radius 2 is 2.44 bits per heavy atom. The van der Waals surface area contributed by atoms with Gasteiger partial charge in [0.2, 0.25) is 0 Å². The number of hydrogen-bond donors (Lipinski definition) is 0. The Labute approximate surface area is 55.2 Å². The van der Waals surface area contributed by atoms with Crippen molar-refractivity contribution in [2.45, 2.75) is 25.5 Å². The van der Waals surface area contributed by atoms with Gasteiger partial charge in [-0.3, -0.25) is 0 Å². The summed E-state index contributed by atoms with van der Waals surface area (Å²) in [7, 11) is 0. The molecule has 0 saturated carbocycles. The van der Waals surface area contributed by atoms with Crippen LogP contribution >= 0.6 is 0 Å². The number of hydrogen-bond acceptors (Lipinski definition) is 2. The molecule has 0 bridgehead atoms. The van der Waals surface area contributed by atoms with E-state index in [1.54, 1.807) is 6.08 Å². The predicted octanol–water partition coefficient (Wildman–Crippen LogP) is 1.38. The summed E-state index contributed by atoms with van der Waals surface area (Å²) < 4.78 is 5.18. The molecule has 1 rings (SSSR count). The fraction of sp³-hybridized carbons (Fsp3) is 0.571. The van der Waals surface area contributed by atoms with Gasteiger partial charge in [0.1, 0.15) is 11.6 Å². The third-order valence-electron chi connectivity index (χ3n) is 1.51. The SMILES string of the molecule is C=CC1N=COC1(C)C. The maximum absolute atomic E-state index is 5.18. The zero-order valence-electron chi connectivity index (χ0n) is 5.79. The van der Waals surface area contributed by atoms with E-state index in [9.17, 15) is 0 Å². The van der Waals surface area contributed by atoms with E-state index in [1.807, 2.05) is 13.8 Å². The van der Waals surface area contributed by atoms with Crippen LogP contribution in [-0.4, -0.2) is 18.0 Å². The lowest BCUT2D eigenvalue weighted by Crippen LogP contribution is -2.30. The lowest BCUT2D eigenvalue weighted by Gasteiger charge is -2.20. The van der Waals surface area contributed by atoms with Crippen molar-refractivity contribution in [3.63, 3.8) is 0 Å². The van der Waals surface area contributed by atoms with Gasteiger partial charge in [-0.05, 0) is 13.8 Å². The number of nitrogens with zero attached hydrogens (tertiary/aromatic N) is 1. The van der Waals surface area contributed by atoms with Crippen molar-refractivity contribution >= 4 is 6.40 Å². The fourth-order valence-corrected chi connectivity index (χ4v) is 0.826. The summed E-state index contributed by atoms with van der Waals surface area (Å²) in [4.78, 5) is 4.04. The molecule has 0 N–H and O–H groups in total. The Bertz CT molecular complexity index is 149. The Kier molecular flexibility index (Phi) is 1.31. The first-order valence-electron chi connectivity index (χ1n) is 2.99. The average molecular weight is 125 g/mol. The highest BCUT2D eigenvalue weighted by Gasteiger charge is 2.31. The maximum Gasteiger partial charge on any atom is 0.171 e. The zero-order chi connectivity index (χ0) is 6.91. The quantitative estimate of drug-likeness (QED) is 0.485. The Hall–Kier alpha value is -0.790. The molecule has 1 atom stereocenters. The molecular formula is C7H11NO. The highest BCUT2D eigenvalue weighted by Crippen LogP contribution is 2.22. The van der Waals surface area contributed by atoms with E-state index >= 15 is 0 Å². The van der Waals surface area contributed by atoms with Crippen LogP contribution in [0.4, 0.5) is 0 Å². The van der Waals surface area contributed by atoms with Gasteiger partial charge in [-0.25, -0.2) is 4.99 Å². The van der Waals surface area contributed by atoms with Gasteiger partial charge in [-0.2, -0.15) is 0 Å². The maximum atomic E-state index is 5.18. The lowest BCUT2D eigenvalue weighted by atomic mass is 10.0. The van der Waals surface area contributed by atoms with Crippen LogP contribution in [0.3, 0.4) is 0 Å². The molecule has 0 aromatic rings. The van der Waals surface area contributed by atoms with Crippen LogP contribution in [0.2, 0.25) is 0 Å². The number of rotatable bonds is 1. The molecule has 0 spiro atoms. The van der Waals surface area contributed by atoms with Gasteiger partial charge >= 0.3 is 0 Å². The minimum Gasteiger partial charge on any atom is -0.475 e. The number of ether oxygens (including phenoxy) is 1. The summed E-state index contributed by atoms with van der Waals surface area (Å²) in [6.45, 7) is 7.63. The lowest BCUT2D eigenvalue weighted by molar-refractivity contribution is 0.118. The Balaban J connectivity index is 2.71. The van der Waals surface area contributed by atoms with Crippen molar-refractivity contribution in [3.8, 4) is 0 Å². The molecule has 0 fully saturated rings. The number of aliphatic imine (C=N–C) groups is 1. The average Bonchev–Trinajstić information content (AvgIpc) is 2.08. The van der Waals surface area contributed by atoms with Gasteiger partial charge in [-0.15, -0.1) is 6.58 Å². The molecule has 1 aliphatic heterocycles. The van der Waals surface area contributed by atoms with Crippen molar-refractivity contribution in [2.24, 2.45) is 4.99 Å².